The van der Waals surface area contributed by atoms with Crippen molar-refractivity contribution in [3.8, 4) is 0 Å². The van der Waals surface area contributed by atoms with Crippen LogP contribution in [-0.4, -0.2) is 59.4 Å². The zero-order valence-electron chi connectivity index (χ0n) is 17.1. The highest BCUT2D eigenvalue weighted by molar-refractivity contribution is 6.09. The van der Waals surface area contributed by atoms with Crippen LogP contribution >= 0.6 is 0 Å². The summed E-state index contributed by atoms with van der Waals surface area (Å²) in [5.74, 6) is -0.401. The van der Waals surface area contributed by atoms with Crippen molar-refractivity contribution in [3.63, 3.8) is 0 Å². The highest BCUT2D eigenvalue weighted by atomic mass is 16.2. The van der Waals surface area contributed by atoms with Crippen LogP contribution in [0.2, 0.25) is 0 Å². The first-order valence-corrected chi connectivity index (χ1v) is 10.8. The molecule has 1 atom stereocenters. The van der Waals surface area contributed by atoms with Gasteiger partial charge in [0.15, 0.2) is 0 Å². The summed E-state index contributed by atoms with van der Waals surface area (Å²) in [6, 6.07) is 7.81. The molecule has 2 saturated heterocycles. The largest absolute Gasteiger partial charge is 0.332 e. The quantitative estimate of drug-likeness (QED) is 0.760. The molecule has 1 aromatic rings. The second kappa shape index (κ2) is 8.14. The van der Waals surface area contributed by atoms with Gasteiger partial charge in [-0.2, -0.15) is 0 Å². The smallest absolute Gasteiger partial charge is 0.325 e. The Labute approximate surface area is 171 Å². The molecule has 3 fully saturated rings. The van der Waals surface area contributed by atoms with Crippen molar-refractivity contribution >= 4 is 17.8 Å². The summed E-state index contributed by atoms with van der Waals surface area (Å²) in [7, 11) is 0. The van der Waals surface area contributed by atoms with Crippen molar-refractivity contribution in [3.05, 3.63) is 35.4 Å². The topological polar surface area (TPSA) is 81.8 Å². The second-order valence-electron chi connectivity index (χ2n) is 8.37. The minimum absolute atomic E-state index is 0.0911. The monoisotopic (exact) mass is 398 g/mol. The van der Waals surface area contributed by atoms with E-state index in [9.17, 15) is 14.4 Å². The van der Waals surface area contributed by atoms with Gasteiger partial charge in [0.2, 0.25) is 5.91 Å². The fraction of sp³-hybridized carbons (Fsp3) is 0.591. The summed E-state index contributed by atoms with van der Waals surface area (Å²) in [6.45, 7) is 3.87. The minimum Gasteiger partial charge on any atom is -0.332 e. The number of nitrogens with zero attached hydrogens (tertiary/aromatic N) is 2. The van der Waals surface area contributed by atoms with E-state index in [0.717, 1.165) is 36.1 Å². The van der Waals surface area contributed by atoms with E-state index < -0.39 is 11.6 Å². The van der Waals surface area contributed by atoms with Crippen molar-refractivity contribution in [2.24, 2.45) is 0 Å². The van der Waals surface area contributed by atoms with Gasteiger partial charge in [0.25, 0.3) is 5.91 Å². The van der Waals surface area contributed by atoms with Gasteiger partial charge in [-0.15, -0.1) is 0 Å². The lowest BCUT2D eigenvalue weighted by Crippen LogP contribution is -2.52. The molecule has 1 aliphatic carbocycles. The number of rotatable bonds is 4. The molecule has 2 N–H and O–H groups in total. The Morgan fingerprint density at radius 2 is 1.86 bits per heavy atom. The van der Waals surface area contributed by atoms with Crippen LogP contribution in [0.5, 0.6) is 0 Å². The Kier molecular flexibility index (Phi) is 5.58. The molecule has 0 radical (unpaired) electrons. The standard InChI is InChI=1S/C22H30N4O3/c1-2-16-6-8-17(9-7-16)18-14-23-12-13-25(18)19(27)15-26-20(28)22(24-21(26)29)10-4-3-5-11-22/h6-9,18,23H,2-5,10-15H2,1H3,(H,24,29). The summed E-state index contributed by atoms with van der Waals surface area (Å²) in [5.41, 5.74) is 1.55. The van der Waals surface area contributed by atoms with Crippen molar-refractivity contribution < 1.29 is 14.4 Å². The maximum absolute atomic E-state index is 13.1. The molecule has 7 heteroatoms. The molecular formula is C22H30N4O3. The number of urea groups is 1. The van der Waals surface area contributed by atoms with Crippen LogP contribution in [0.4, 0.5) is 4.79 Å². The molecule has 2 aliphatic heterocycles. The molecule has 156 valence electrons. The Balaban J connectivity index is 1.48. The van der Waals surface area contributed by atoms with E-state index in [0.29, 0.717) is 32.5 Å². The molecule has 0 bridgehead atoms. The molecule has 4 amide bonds. The number of amides is 4. The molecule has 1 unspecified atom stereocenters. The highest BCUT2D eigenvalue weighted by Gasteiger charge is 2.52. The minimum atomic E-state index is -0.783. The third kappa shape index (κ3) is 3.75. The van der Waals surface area contributed by atoms with Crippen molar-refractivity contribution in [2.45, 2.75) is 57.0 Å². The number of benzene rings is 1. The summed E-state index contributed by atoms with van der Waals surface area (Å²) < 4.78 is 0. The lowest BCUT2D eigenvalue weighted by Gasteiger charge is -2.37. The Hall–Kier alpha value is -2.41. The van der Waals surface area contributed by atoms with Gasteiger partial charge in [0, 0.05) is 19.6 Å². The van der Waals surface area contributed by atoms with Gasteiger partial charge in [0.05, 0.1) is 6.04 Å². The molecule has 1 aromatic carbocycles. The van der Waals surface area contributed by atoms with Gasteiger partial charge in [-0.1, -0.05) is 50.5 Å². The van der Waals surface area contributed by atoms with E-state index >= 15 is 0 Å². The molecule has 29 heavy (non-hydrogen) atoms. The van der Waals surface area contributed by atoms with Gasteiger partial charge in [-0.25, -0.2) is 4.79 Å². The number of imide groups is 1. The lowest BCUT2D eigenvalue weighted by molar-refractivity contribution is -0.141. The van der Waals surface area contributed by atoms with Gasteiger partial charge in [0.1, 0.15) is 12.1 Å². The predicted molar refractivity (Wildman–Crippen MR) is 109 cm³/mol. The summed E-state index contributed by atoms with van der Waals surface area (Å²) in [5, 5.41) is 6.24. The molecule has 0 aromatic heterocycles. The number of hydrogen-bond donors (Lipinski definition) is 2. The maximum atomic E-state index is 13.1. The van der Waals surface area contributed by atoms with E-state index in [1.54, 1.807) is 0 Å². The van der Waals surface area contributed by atoms with E-state index in [1.165, 1.54) is 5.56 Å². The fourth-order valence-electron chi connectivity index (χ4n) is 4.82. The van der Waals surface area contributed by atoms with Crippen molar-refractivity contribution in [1.82, 2.24) is 20.4 Å². The van der Waals surface area contributed by atoms with Crippen molar-refractivity contribution in [2.75, 3.05) is 26.2 Å². The molecule has 2 heterocycles. The average Bonchev–Trinajstić information content (AvgIpc) is 2.98. The molecule has 1 spiro atoms. The molecule has 7 nitrogen and oxygen atoms in total. The number of hydrogen-bond acceptors (Lipinski definition) is 4. The van der Waals surface area contributed by atoms with Crippen LogP contribution in [0.1, 0.15) is 56.2 Å². The number of nitrogens with one attached hydrogen (secondary N) is 2. The summed E-state index contributed by atoms with van der Waals surface area (Å²) >= 11 is 0. The average molecular weight is 399 g/mol. The third-order valence-corrected chi connectivity index (χ3v) is 6.58. The maximum Gasteiger partial charge on any atom is 0.325 e. The zero-order chi connectivity index (χ0) is 20.4. The number of piperazine rings is 1. The van der Waals surface area contributed by atoms with Crippen LogP contribution in [0.15, 0.2) is 24.3 Å². The van der Waals surface area contributed by atoms with Crippen LogP contribution < -0.4 is 10.6 Å². The van der Waals surface area contributed by atoms with Crippen LogP contribution in [0.25, 0.3) is 0 Å². The van der Waals surface area contributed by atoms with Crippen LogP contribution in [-0.2, 0) is 16.0 Å². The SMILES string of the molecule is CCc1ccc(C2CNCCN2C(=O)CN2C(=O)NC3(CCCCC3)C2=O)cc1. The Bertz CT molecular complexity index is 786. The first-order chi connectivity index (χ1) is 14.0. The first-order valence-electron chi connectivity index (χ1n) is 10.8. The van der Waals surface area contributed by atoms with Gasteiger partial charge in [-0.3, -0.25) is 14.5 Å². The number of carbonyl (C=O) groups excluding carboxylic acids is 3. The van der Waals surface area contributed by atoms with Gasteiger partial charge < -0.3 is 15.5 Å². The van der Waals surface area contributed by atoms with Crippen LogP contribution in [0.3, 0.4) is 0 Å². The van der Waals surface area contributed by atoms with Gasteiger partial charge in [-0.05, 0) is 30.4 Å². The number of aryl methyl sites for hydroxylation is 1. The van der Waals surface area contributed by atoms with E-state index in [2.05, 4.69) is 41.8 Å². The lowest BCUT2D eigenvalue weighted by atomic mass is 9.82. The molecule has 4 rings (SSSR count). The first kappa shape index (κ1) is 19.9. The Morgan fingerprint density at radius 3 is 2.55 bits per heavy atom. The Morgan fingerprint density at radius 1 is 1.14 bits per heavy atom. The highest BCUT2D eigenvalue weighted by Crippen LogP contribution is 2.34. The van der Waals surface area contributed by atoms with Crippen molar-refractivity contribution in [1.29, 1.82) is 0 Å². The molecule has 3 aliphatic rings. The van der Waals surface area contributed by atoms with E-state index in [4.69, 9.17) is 0 Å². The summed E-state index contributed by atoms with van der Waals surface area (Å²) in [6.07, 6.45) is 5.26. The fourth-order valence-corrected chi connectivity index (χ4v) is 4.82. The van der Waals surface area contributed by atoms with E-state index in [1.807, 2.05) is 4.90 Å². The second-order valence-corrected chi connectivity index (χ2v) is 8.37. The van der Waals surface area contributed by atoms with Gasteiger partial charge >= 0.3 is 6.03 Å². The molecule has 1 saturated carbocycles. The van der Waals surface area contributed by atoms with E-state index in [-0.39, 0.29) is 24.4 Å². The predicted octanol–water partition coefficient (Wildman–Crippen LogP) is 1.98. The van der Waals surface area contributed by atoms with Crippen LogP contribution in [0, 0.1) is 0 Å². The molecular weight excluding hydrogens is 368 g/mol. The number of carbonyl (C=O) groups is 3. The summed E-state index contributed by atoms with van der Waals surface area (Å²) in [4.78, 5) is 41.6. The normalized spacial score (nSPS) is 24.1. The third-order valence-electron chi connectivity index (χ3n) is 6.58. The zero-order valence-corrected chi connectivity index (χ0v) is 17.1.